The number of carbonyl (C=O) groups excluding carboxylic acids is 1. The molecule has 1 aromatic rings. The summed E-state index contributed by atoms with van der Waals surface area (Å²) in [6.07, 6.45) is -2.65. The lowest BCUT2D eigenvalue weighted by molar-refractivity contribution is -0.168. The van der Waals surface area contributed by atoms with Crippen molar-refractivity contribution < 1.29 is 18.7 Å². The Morgan fingerprint density at radius 1 is 1.47 bits per heavy atom. The topological polar surface area (TPSA) is 47.6 Å². The third-order valence-corrected chi connectivity index (χ3v) is 2.46. The normalized spacial score (nSPS) is 24.3. The predicted octanol–water partition coefficient (Wildman–Crippen LogP) is 1.01. The van der Waals surface area contributed by atoms with E-state index in [0.29, 0.717) is 13.2 Å². The first-order valence-electron chi connectivity index (χ1n) is 5.47. The van der Waals surface area contributed by atoms with Gasteiger partial charge in [-0.15, -0.1) is 0 Å². The molecule has 1 N–H and O–H groups in total. The summed E-state index contributed by atoms with van der Waals surface area (Å²) in [7, 11) is 0. The highest BCUT2D eigenvalue weighted by Gasteiger charge is 2.33. The molecule has 17 heavy (non-hydrogen) atoms. The van der Waals surface area contributed by atoms with Crippen LogP contribution in [0.5, 0.6) is 0 Å². The average Bonchev–Trinajstić information content (AvgIpc) is 2.38. The van der Waals surface area contributed by atoms with Crippen molar-refractivity contribution in [2.45, 2.75) is 19.0 Å². The van der Waals surface area contributed by atoms with Gasteiger partial charge in [-0.25, -0.2) is 9.18 Å². The molecule has 0 bridgehead atoms. The van der Waals surface area contributed by atoms with Crippen molar-refractivity contribution in [2.24, 2.45) is 0 Å². The van der Waals surface area contributed by atoms with Crippen LogP contribution in [-0.2, 0) is 20.9 Å². The number of benzene rings is 1. The number of rotatable bonds is 3. The fourth-order valence-corrected chi connectivity index (χ4v) is 1.57. The highest BCUT2D eigenvalue weighted by atomic mass is 19.1. The molecule has 1 saturated heterocycles. The highest BCUT2D eigenvalue weighted by molar-refractivity contribution is 5.75. The van der Waals surface area contributed by atoms with Crippen LogP contribution in [0.25, 0.3) is 0 Å². The third-order valence-electron chi connectivity index (χ3n) is 2.46. The number of hydrogen-bond acceptors (Lipinski definition) is 4. The van der Waals surface area contributed by atoms with E-state index in [4.69, 9.17) is 9.47 Å². The molecule has 0 radical (unpaired) electrons. The van der Waals surface area contributed by atoms with Gasteiger partial charge in [-0.3, -0.25) is 5.32 Å². The summed E-state index contributed by atoms with van der Waals surface area (Å²) in [5.74, 6) is -0.673. The van der Waals surface area contributed by atoms with E-state index < -0.39 is 18.4 Å². The highest BCUT2D eigenvalue weighted by Crippen LogP contribution is 2.10. The van der Waals surface area contributed by atoms with Gasteiger partial charge in [-0.05, 0) is 5.56 Å². The summed E-state index contributed by atoms with van der Waals surface area (Å²) in [6.45, 7) is 0.849. The van der Waals surface area contributed by atoms with Crippen molar-refractivity contribution in [3.05, 3.63) is 35.9 Å². The molecule has 0 aromatic heterocycles. The smallest absolute Gasteiger partial charge is 0.340 e. The van der Waals surface area contributed by atoms with Crippen LogP contribution in [0.3, 0.4) is 0 Å². The number of esters is 1. The summed E-state index contributed by atoms with van der Waals surface area (Å²) in [4.78, 5) is 11.6. The third kappa shape index (κ3) is 3.25. The molecule has 5 heteroatoms. The number of carbonyl (C=O) groups is 1. The van der Waals surface area contributed by atoms with Crippen LogP contribution < -0.4 is 5.32 Å². The minimum Gasteiger partial charge on any atom is -0.459 e. The monoisotopic (exact) mass is 239 g/mol. The fourth-order valence-electron chi connectivity index (χ4n) is 1.57. The summed E-state index contributed by atoms with van der Waals surface area (Å²) in [6, 6.07) is 9.23. The lowest BCUT2D eigenvalue weighted by Gasteiger charge is -2.25. The minimum absolute atomic E-state index is 0.131. The van der Waals surface area contributed by atoms with Gasteiger partial charge in [-0.2, -0.15) is 0 Å². The van der Waals surface area contributed by atoms with Gasteiger partial charge in [0.15, 0.2) is 12.4 Å². The van der Waals surface area contributed by atoms with Crippen molar-refractivity contribution in [2.75, 3.05) is 13.2 Å². The van der Waals surface area contributed by atoms with Crippen LogP contribution in [0.2, 0.25) is 0 Å². The number of nitrogens with one attached hydrogen (secondary N) is 1. The lowest BCUT2D eigenvalue weighted by Crippen LogP contribution is -2.50. The number of halogens is 1. The standard InChI is InChI=1S/C12H14FNO3/c13-11-10(16-7-6-14-11)12(15)17-8-9-4-2-1-3-5-9/h1-5,10-11,14H,6-8H2. The summed E-state index contributed by atoms with van der Waals surface area (Å²) < 4.78 is 23.3. The zero-order valence-corrected chi connectivity index (χ0v) is 9.27. The fraction of sp³-hybridized carbons (Fsp3) is 0.417. The molecule has 0 amide bonds. The van der Waals surface area contributed by atoms with E-state index in [1.54, 1.807) is 0 Å². The summed E-state index contributed by atoms with van der Waals surface area (Å²) >= 11 is 0. The van der Waals surface area contributed by atoms with E-state index in [9.17, 15) is 9.18 Å². The molecule has 1 aliphatic heterocycles. The van der Waals surface area contributed by atoms with E-state index >= 15 is 0 Å². The largest absolute Gasteiger partial charge is 0.459 e. The Bertz CT molecular complexity index is 371. The van der Waals surface area contributed by atoms with Gasteiger partial charge in [0.25, 0.3) is 0 Å². The molecule has 1 aromatic carbocycles. The van der Waals surface area contributed by atoms with E-state index in [1.807, 2.05) is 30.3 Å². The number of ether oxygens (including phenoxy) is 2. The molecule has 4 nitrogen and oxygen atoms in total. The Balaban J connectivity index is 1.84. The first-order valence-corrected chi connectivity index (χ1v) is 5.47. The first-order chi connectivity index (χ1) is 8.27. The van der Waals surface area contributed by atoms with Crippen molar-refractivity contribution in [3.8, 4) is 0 Å². The lowest BCUT2D eigenvalue weighted by atomic mass is 10.2. The van der Waals surface area contributed by atoms with Crippen molar-refractivity contribution in [1.82, 2.24) is 5.32 Å². The molecule has 0 aliphatic carbocycles. The van der Waals surface area contributed by atoms with Crippen molar-refractivity contribution in [3.63, 3.8) is 0 Å². The molecular formula is C12H14FNO3. The Kier molecular flexibility index (Phi) is 4.06. The quantitative estimate of drug-likeness (QED) is 0.632. The molecule has 92 valence electrons. The van der Waals surface area contributed by atoms with Crippen molar-refractivity contribution >= 4 is 5.97 Å². The zero-order chi connectivity index (χ0) is 12.1. The van der Waals surface area contributed by atoms with Gasteiger partial charge < -0.3 is 9.47 Å². The van der Waals surface area contributed by atoms with Crippen LogP contribution in [0.15, 0.2) is 30.3 Å². The molecule has 0 spiro atoms. The average molecular weight is 239 g/mol. The second kappa shape index (κ2) is 5.75. The number of hydrogen-bond donors (Lipinski definition) is 1. The Labute approximate surface area is 98.7 Å². The van der Waals surface area contributed by atoms with Crippen LogP contribution in [-0.4, -0.2) is 31.5 Å². The number of alkyl halides is 1. The Hall–Kier alpha value is -1.46. The predicted molar refractivity (Wildman–Crippen MR) is 58.9 cm³/mol. The minimum atomic E-state index is -1.49. The first kappa shape index (κ1) is 12.0. The maximum Gasteiger partial charge on any atom is 0.340 e. The van der Waals surface area contributed by atoms with Gasteiger partial charge in [0, 0.05) is 6.54 Å². The molecule has 0 saturated carbocycles. The molecule has 2 atom stereocenters. The van der Waals surface area contributed by atoms with Gasteiger partial charge in [0.2, 0.25) is 0 Å². The second-order valence-corrected chi connectivity index (χ2v) is 3.74. The van der Waals surface area contributed by atoms with Crippen LogP contribution in [0, 0.1) is 0 Å². The van der Waals surface area contributed by atoms with E-state index in [1.165, 1.54) is 0 Å². The number of morpholine rings is 1. The maximum absolute atomic E-state index is 13.3. The van der Waals surface area contributed by atoms with Gasteiger partial charge in [-0.1, -0.05) is 30.3 Å². The van der Waals surface area contributed by atoms with E-state index in [0.717, 1.165) is 5.56 Å². The van der Waals surface area contributed by atoms with Gasteiger partial charge in [0.1, 0.15) is 6.61 Å². The van der Waals surface area contributed by atoms with Crippen LogP contribution in [0.1, 0.15) is 5.56 Å². The maximum atomic E-state index is 13.3. The van der Waals surface area contributed by atoms with Gasteiger partial charge in [0.05, 0.1) is 6.61 Å². The van der Waals surface area contributed by atoms with E-state index in [2.05, 4.69) is 5.32 Å². The molecule has 2 unspecified atom stereocenters. The molecule has 2 rings (SSSR count). The van der Waals surface area contributed by atoms with Crippen LogP contribution in [0.4, 0.5) is 4.39 Å². The Morgan fingerprint density at radius 3 is 2.94 bits per heavy atom. The summed E-state index contributed by atoms with van der Waals surface area (Å²) in [5.41, 5.74) is 0.861. The second-order valence-electron chi connectivity index (χ2n) is 3.74. The van der Waals surface area contributed by atoms with E-state index in [-0.39, 0.29) is 6.61 Å². The van der Waals surface area contributed by atoms with Crippen LogP contribution >= 0.6 is 0 Å². The molecule has 1 fully saturated rings. The SMILES string of the molecule is O=C(OCc1ccccc1)C1OCCNC1F. The Morgan fingerprint density at radius 2 is 2.24 bits per heavy atom. The summed E-state index contributed by atoms with van der Waals surface area (Å²) in [5, 5.41) is 2.52. The molecular weight excluding hydrogens is 225 g/mol. The van der Waals surface area contributed by atoms with Gasteiger partial charge >= 0.3 is 5.97 Å². The van der Waals surface area contributed by atoms with Crippen molar-refractivity contribution in [1.29, 1.82) is 0 Å². The molecule has 1 aliphatic rings. The zero-order valence-electron chi connectivity index (χ0n) is 9.27. The molecule has 1 heterocycles.